The lowest BCUT2D eigenvalue weighted by Crippen LogP contribution is -2.40. The molecule has 1 saturated heterocycles. The molecule has 25 heavy (non-hydrogen) atoms. The van der Waals surface area contributed by atoms with Gasteiger partial charge in [-0.25, -0.2) is 0 Å². The maximum atomic E-state index is 12.7. The topological polar surface area (TPSA) is 76.4 Å². The average molecular weight is 342 g/mol. The molecule has 0 N–H and O–H groups in total. The zero-order valence-corrected chi connectivity index (χ0v) is 14.4. The minimum atomic E-state index is -0.00875. The van der Waals surface area contributed by atoms with Crippen LogP contribution in [-0.2, 0) is 17.8 Å². The second-order valence-corrected chi connectivity index (χ2v) is 6.46. The Morgan fingerprint density at radius 2 is 1.96 bits per heavy atom. The van der Waals surface area contributed by atoms with Crippen LogP contribution in [0.15, 0.2) is 18.2 Å². The number of hydrogen-bond acceptors (Lipinski definition) is 6. The van der Waals surface area contributed by atoms with Gasteiger partial charge in [0.25, 0.3) is 5.91 Å². The molecule has 4 heterocycles. The number of hydrogen-bond donors (Lipinski definition) is 0. The number of aromatic nitrogens is 4. The van der Waals surface area contributed by atoms with Gasteiger partial charge in [-0.05, 0) is 31.5 Å². The minimum Gasteiger partial charge on any atom is -0.378 e. The van der Waals surface area contributed by atoms with Crippen LogP contribution in [-0.4, -0.2) is 63.6 Å². The predicted octanol–water partition coefficient (Wildman–Crippen LogP) is 0.864. The highest BCUT2D eigenvalue weighted by atomic mass is 16.5. The Labute approximate surface area is 146 Å². The van der Waals surface area contributed by atoms with E-state index >= 15 is 0 Å². The molecule has 2 aromatic rings. The maximum Gasteiger partial charge on any atom is 0.274 e. The van der Waals surface area contributed by atoms with Crippen molar-refractivity contribution in [1.29, 1.82) is 0 Å². The normalized spacial score (nSPS) is 18.0. The van der Waals surface area contributed by atoms with E-state index in [0.717, 1.165) is 36.7 Å². The monoisotopic (exact) mass is 342 g/mol. The summed E-state index contributed by atoms with van der Waals surface area (Å²) in [5, 5.41) is 13.0. The summed E-state index contributed by atoms with van der Waals surface area (Å²) in [6.45, 7) is 6.77. The molecule has 0 aliphatic carbocycles. The lowest BCUT2D eigenvalue weighted by atomic mass is 10.3. The van der Waals surface area contributed by atoms with Crippen molar-refractivity contribution in [2.45, 2.75) is 26.4 Å². The zero-order chi connectivity index (χ0) is 17.2. The van der Waals surface area contributed by atoms with E-state index in [1.165, 1.54) is 0 Å². The molecule has 2 aliphatic heterocycles. The Balaban J connectivity index is 1.54. The molecule has 0 bridgehead atoms. The number of anilines is 1. The number of rotatable bonds is 2. The van der Waals surface area contributed by atoms with Crippen LogP contribution in [0, 0.1) is 6.92 Å². The first kappa shape index (κ1) is 16.0. The van der Waals surface area contributed by atoms with E-state index in [1.54, 1.807) is 0 Å². The molecule has 8 nitrogen and oxygen atoms in total. The highest BCUT2D eigenvalue weighted by molar-refractivity contribution is 5.92. The Kier molecular flexibility index (Phi) is 4.35. The Morgan fingerprint density at radius 3 is 2.72 bits per heavy atom. The van der Waals surface area contributed by atoms with Gasteiger partial charge in [0.05, 0.1) is 31.1 Å². The molecule has 0 saturated carbocycles. The van der Waals surface area contributed by atoms with Crippen molar-refractivity contribution in [2.24, 2.45) is 0 Å². The molecule has 2 aliphatic rings. The Bertz CT molecular complexity index is 751. The van der Waals surface area contributed by atoms with Crippen LogP contribution in [0.1, 0.15) is 28.3 Å². The fourth-order valence-electron chi connectivity index (χ4n) is 3.25. The van der Waals surface area contributed by atoms with Gasteiger partial charge in [-0.15, -0.1) is 5.10 Å². The van der Waals surface area contributed by atoms with Crippen LogP contribution < -0.4 is 4.90 Å². The van der Waals surface area contributed by atoms with Crippen molar-refractivity contribution in [2.75, 3.05) is 37.7 Å². The fraction of sp³-hybridized carbons (Fsp3) is 0.529. The van der Waals surface area contributed by atoms with E-state index in [9.17, 15) is 4.79 Å². The molecule has 0 spiro atoms. The minimum absolute atomic E-state index is 0.00875. The van der Waals surface area contributed by atoms with Crippen molar-refractivity contribution in [3.8, 4) is 0 Å². The first-order valence-electron chi connectivity index (χ1n) is 8.70. The van der Waals surface area contributed by atoms with E-state index in [1.807, 2.05) is 34.7 Å². The first-order valence-corrected chi connectivity index (χ1v) is 8.70. The third-order valence-corrected chi connectivity index (χ3v) is 4.64. The molecular weight excluding hydrogens is 320 g/mol. The molecule has 0 unspecified atom stereocenters. The quantitative estimate of drug-likeness (QED) is 0.806. The number of amides is 1. The summed E-state index contributed by atoms with van der Waals surface area (Å²) in [4.78, 5) is 16.7. The summed E-state index contributed by atoms with van der Waals surface area (Å²) in [6, 6.07) is 5.88. The molecule has 0 radical (unpaired) electrons. The van der Waals surface area contributed by atoms with Crippen molar-refractivity contribution in [3.63, 3.8) is 0 Å². The summed E-state index contributed by atoms with van der Waals surface area (Å²) >= 11 is 0. The smallest absolute Gasteiger partial charge is 0.274 e. The van der Waals surface area contributed by atoms with Crippen molar-refractivity contribution in [3.05, 3.63) is 35.3 Å². The van der Waals surface area contributed by atoms with Gasteiger partial charge in [-0.3, -0.25) is 9.48 Å². The zero-order valence-electron chi connectivity index (χ0n) is 14.4. The van der Waals surface area contributed by atoms with E-state index in [-0.39, 0.29) is 5.91 Å². The summed E-state index contributed by atoms with van der Waals surface area (Å²) in [5.41, 5.74) is 2.47. The molecule has 4 rings (SSSR count). The van der Waals surface area contributed by atoms with Crippen molar-refractivity contribution in [1.82, 2.24) is 24.9 Å². The largest absolute Gasteiger partial charge is 0.378 e. The van der Waals surface area contributed by atoms with Gasteiger partial charge in [0.2, 0.25) is 0 Å². The highest BCUT2D eigenvalue weighted by Gasteiger charge is 2.24. The number of carbonyl (C=O) groups excluding carboxylic acids is 1. The molecule has 1 fully saturated rings. The van der Waals surface area contributed by atoms with Crippen LogP contribution in [0.5, 0.6) is 0 Å². The van der Waals surface area contributed by atoms with Crippen LogP contribution in [0.25, 0.3) is 0 Å². The van der Waals surface area contributed by atoms with Gasteiger partial charge < -0.3 is 14.5 Å². The van der Waals surface area contributed by atoms with Gasteiger partial charge >= 0.3 is 0 Å². The van der Waals surface area contributed by atoms with Crippen LogP contribution in [0.2, 0.25) is 0 Å². The summed E-state index contributed by atoms with van der Waals surface area (Å²) in [7, 11) is 0. The van der Waals surface area contributed by atoms with Crippen molar-refractivity contribution < 1.29 is 9.53 Å². The average Bonchev–Trinajstić information content (AvgIpc) is 2.94. The lowest BCUT2D eigenvalue weighted by molar-refractivity contribution is 0.0298. The summed E-state index contributed by atoms with van der Waals surface area (Å²) in [5.74, 6) is 0.854. The van der Waals surface area contributed by atoms with E-state index in [2.05, 4.69) is 20.2 Å². The third kappa shape index (κ3) is 3.34. The first-order chi connectivity index (χ1) is 12.2. The number of morpholine rings is 1. The predicted molar refractivity (Wildman–Crippen MR) is 91.4 cm³/mol. The van der Waals surface area contributed by atoms with Gasteiger partial charge in [0.15, 0.2) is 11.5 Å². The Hall–Kier alpha value is -2.48. The fourth-order valence-corrected chi connectivity index (χ4v) is 3.25. The van der Waals surface area contributed by atoms with Crippen LogP contribution in [0.4, 0.5) is 5.82 Å². The van der Waals surface area contributed by atoms with Gasteiger partial charge in [0, 0.05) is 26.2 Å². The number of aryl methyl sites for hydroxylation is 2. The Morgan fingerprint density at radius 1 is 1.12 bits per heavy atom. The van der Waals surface area contributed by atoms with Crippen LogP contribution >= 0.6 is 0 Å². The molecule has 132 valence electrons. The number of fused-ring (bicyclic) bond motifs is 1. The van der Waals surface area contributed by atoms with Crippen molar-refractivity contribution >= 4 is 11.7 Å². The lowest BCUT2D eigenvalue weighted by Gasteiger charge is -2.26. The molecule has 0 atom stereocenters. The third-order valence-electron chi connectivity index (χ3n) is 4.64. The standard InChI is InChI=1S/C17H22N6O2/c1-13-3-4-16(19-18-13)22-5-2-6-23-14(12-22)11-15(20-23)17(24)21-7-9-25-10-8-21/h3-4,11H,2,5-10,12H2,1H3. The SMILES string of the molecule is Cc1ccc(N2CCCn3nc(C(=O)N4CCOCC4)cc3C2)nn1. The van der Waals surface area contributed by atoms with E-state index < -0.39 is 0 Å². The molecule has 1 amide bonds. The van der Waals surface area contributed by atoms with E-state index in [4.69, 9.17) is 4.74 Å². The van der Waals surface area contributed by atoms with Gasteiger partial charge in [-0.1, -0.05) is 0 Å². The highest BCUT2D eigenvalue weighted by Crippen LogP contribution is 2.20. The van der Waals surface area contributed by atoms with E-state index in [0.29, 0.717) is 38.5 Å². The molecule has 0 aromatic carbocycles. The number of nitrogens with zero attached hydrogens (tertiary/aromatic N) is 6. The summed E-state index contributed by atoms with van der Waals surface area (Å²) in [6.07, 6.45) is 0.954. The van der Waals surface area contributed by atoms with Crippen LogP contribution in [0.3, 0.4) is 0 Å². The maximum absolute atomic E-state index is 12.7. The molecule has 8 heteroatoms. The molecular formula is C17H22N6O2. The van der Waals surface area contributed by atoms with Gasteiger partial charge in [0.1, 0.15) is 0 Å². The second kappa shape index (κ2) is 6.79. The number of carbonyl (C=O) groups is 1. The second-order valence-electron chi connectivity index (χ2n) is 6.46. The summed E-state index contributed by atoms with van der Waals surface area (Å²) < 4.78 is 7.27. The molecule has 2 aromatic heterocycles. The number of ether oxygens (including phenoxy) is 1. The van der Waals surface area contributed by atoms with Gasteiger partial charge in [-0.2, -0.15) is 10.2 Å².